The lowest BCUT2D eigenvalue weighted by atomic mass is 10.1. The van der Waals surface area contributed by atoms with E-state index in [1.807, 2.05) is 0 Å². The molecule has 0 saturated heterocycles. The molecule has 0 aromatic heterocycles. The Morgan fingerprint density at radius 3 is 1.60 bits per heavy atom. The summed E-state index contributed by atoms with van der Waals surface area (Å²) in [6.07, 6.45) is 6.82. The van der Waals surface area contributed by atoms with Crippen molar-refractivity contribution in [2.24, 2.45) is 0 Å². The van der Waals surface area contributed by atoms with Crippen molar-refractivity contribution in [1.29, 1.82) is 0 Å². The fraction of sp³-hybridized carbons (Fsp3) is 0.261. The van der Waals surface area contributed by atoms with Gasteiger partial charge in [-0.25, -0.2) is 0 Å². The smallest absolute Gasteiger partial charge is 0.0559 e. The van der Waals surface area contributed by atoms with E-state index in [-0.39, 0.29) is 0 Å². The molecule has 1 aliphatic carbocycles. The summed E-state index contributed by atoms with van der Waals surface area (Å²) < 4.78 is 0. The molecule has 2 aromatic carbocycles. The molecule has 3 rings (SSSR count). The minimum atomic E-state index is -0.553. The Morgan fingerprint density at radius 2 is 1.16 bits per heavy atom. The first kappa shape index (κ1) is 18.6. The Morgan fingerprint density at radius 1 is 0.680 bits per heavy atom. The largest absolute Gasteiger partial charge is 0.290 e. The first-order valence-electron chi connectivity index (χ1n) is 9.04. The fourth-order valence-electron chi connectivity index (χ4n) is 3.54. The van der Waals surface area contributed by atoms with Gasteiger partial charge in [-0.15, -0.1) is 0 Å². The van der Waals surface area contributed by atoms with Gasteiger partial charge in [-0.3, -0.25) is 4.90 Å². The van der Waals surface area contributed by atoms with Gasteiger partial charge in [-0.2, -0.15) is 0 Å². The molecule has 1 aliphatic rings. The average molecular weight is 348 g/mol. The first-order chi connectivity index (χ1) is 12.1. The SMILES string of the molecule is CC(C)N([C]1[CH][CH][CH][C]1P(c1ccccc1)c1ccccc1)C(C)C. The minimum Gasteiger partial charge on any atom is -0.290 e. The Balaban J connectivity index is 2.00. The zero-order valence-corrected chi connectivity index (χ0v) is 16.4. The summed E-state index contributed by atoms with van der Waals surface area (Å²) in [5, 5.41) is 2.81. The average Bonchev–Trinajstić information content (AvgIpc) is 3.05. The van der Waals surface area contributed by atoms with Crippen LogP contribution in [0.3, 0.4) is 0 Å². The standard InChI is InChI=1S/C23H27NP/c1-18(2)24(19(3)4)22-16-11-17-23(22)25(20-12-7-5-8-13-20)21-14-9-6-10-15-21/h5-19H,1-4H3. The number of hydrogen-bond donors (Lipinski definition) is 0. The number of rotatable bonds is 6. The molecule has 2 aromatic rings. The van der Waals surface area contributed by atoms with Crippen molar-refractivity contribution < 1.29 is 0 Å². The van der Waals surface area contributed by atoms with Gasteiger partial charge in [0.15, 0.2) is 0 Å². The number of benzene rings is 2. The minimum absolute atomic E-state index is 0.476. The summed E-state index contributed by atoms with van der Waals surface area (Å²) in [4.78, 5) is 2.54. The second-order valence-electron chi connectivity index (χ2n) is 6.90. The van der Waals surface area contributed by atoms with E-state index in [2.05, 4.69) is 113 Å². The third-order valence-corrected chi connectivity index (χ3v) is 6.92. The van der Waals surface area contributed by atoms with Gasteiger partial charge in [-0.1, -0.05) is 60.7 Å². The van der Waals surface area contributed by atoms with Gasteiger partial charge in [-0.05, 0) is 65.5 Å². The van der Waals surface area contributed by atoms with Crippen LogP contribution in [0.2, 0.25) is 0 Å². The Labute approximate surface area is 155 Å². The third kappa shape index (κ3) is 4.15. The van der Waals surface area contributed by atoms with Crippen LogP contribution < -0.4 is 10.6 Å². The van der Waals surface area contributed by atoms with Crippen molar-refractivity contribution in [3.05, 3.63) is 91.6 Å². The van der Waals surface area contributed by atoms with Gasteiger partial charge in [0.1, 0.15) is 0 Å². The van der Waals surface area contributed by atoms with Crippen LogP contribution in [0.15, 0.2) is 60.7 Å². The van der Waals surface area contributed by atoms with Crippen LogP contribution >= 0.6 is 7.92 Å². The summed E-state index contributed by atoms with van der Waals surface area (Å²) in [6, 6.07) is 24.2. The third-order valence-electron chi connectivity index (χ3n) is 4.43. The molecule has 25 heavy (non-hydrogen) atoms. The molecule has 0 heterocycles. The van der Waals surface area contributed by atoms with E-state index < -0.39 is 7.92 Å². The lowest BCUT2D eigenvalue weighted by Gasteiger charge is -2.40. The predicted molar refractivity (Wildman–Crippen MR) is 111 cm³/mol. The monoisotopic (exact) mass is 348 g/mol. The van der Waals surface area contributed by atoms with Crippen LogP contribution in [-0.2, 0) is 0 Å². The van der Waals surface area contributed by atoms with Gasteiger partial charge >= 0.3 is 0 Å². The molecule has 2 heteroatoms. The summed E-state index contributed by atoms with van der Waals surface area (Å²) in [5.41, 5.74) is 1.45. The second kappa shape index (κ2) is 8.47. The van der Waals surface area contributed by atoms with E-state index in [4.69, 9.17) is 0 Å². The first-order valence-corrected chi connectivity index (χ1v) is 10.4. The van der Waals surface area contributed by atoms with Crippen molar-refractivity contribution in [2.45, 2.75) is 39.8 Å². The highest BCUT2D eigenvalue weighted by Gasteiger charge is 2.41. The number of nitrogens with zero attached hydrogens (tertiary/aromatic N) is 1. The maximum Gasteiger partial charge on any atom is 0.0559 e. The topological polar surface area (TPSA) is 3.24 Å². The van der Waals surface area contributed by atoms with Crippen LogP contribution in [0.1, 0.15) is 27.7 Å². The molecule has 0 spiro atoms. The van der Waals surface area contributed by atoms with Crippen LogP contribution in [0.25, 0.3) is 0 Å². The van der Waals surface area contributed by atoms with Crippen molar-refractivity contribution in [2.75, 3.05) is 0 Å². The molecule has 0 aliphatic heterocycles. The van der Waals surface area contributed by atoms with Crippen LogP contribution in [-0.4, -0.2) is 17.0 Å². The van der Waals surface area contributed by atoms with Gasteiger partial charge in [0, 0.05) is 17.7 Å². The molecule has 0 amide bonds. The van der Waals surface area contributed by atoms with Gasteiger partial charge in [0.05, 0.1) is 6.04 Å². The van der Waals surface area contributed by atoms with Gasteiger partial charge < -0.3 is 0 Å². The van der Waals surface area contributed by atoms with Crippen LogP contribution in [0.4, 0.5) is 0 Å². The molecule has 1 nitrogen and oxygen atoms in total. The van der Waals surface area contributed by atoms with E-state index in [1.54, 1.807) is 0 Å². The quantitative estimate of drug-likeness (QED) is 0.669. The lowest BCUT2D eigenvalue weighted by Crippen LogP contribution is -2.42. The Kier molecular flexibility index (Phi) is 6.31. The van der Waals surface area contributed by atoms with Gasteiger partial charge in [0.25, 0.3) is 0 Å². The van der Waals surface area contributed by atoms with E-state index in [0.29, 0.717) is 12.1 Å². The molecular weight excluding hydrogens is 321 g/mol. The molecular formula is C23H27NP. The predicted octanol–water partition coefficient (Wildman–Crippen LogP) is 4.93. The van der Waals surface area contributed by atoms with E-state index in [1.165, 1.54) is 22.3 Å². The molecule has 0 N–H and O–H groups in total. The zero-order valence-electron chi connectivity index (χ0n) is 15.6. The molecule has 0 bridgehead atoms. The normalized spacial score (nSPS) is 16.6. The maximum absolute atomic E-state index is 2.54. The molecule has 0 atom stereocenters. The Bertz CT molecular complexity index is 590. The molecule has 1 fully saturated rings. The Hall–Kier alpha value is -1.17. The van der Waals surface area contributed by atoms with Crippen molar-refractivity contribution >= 4 is 18.5 Å². The summed E-state index contributed by atoms with van der Waals surface area (Å²) in [7, 11) is -0.553. The summed E-state index contributed by atoms with van der Waals surface area (Å²) >= 11 is 0. The highest BCUT2D eigenvalue weighted by atomic mass is 31.1. The van der Waals surface area contributed by atoms with Crippen molar-refractivity contribution in [3.8, 4) is 0 Å². The molecule has 0 unspecified atom stereocenters. The van der Waals surface area contributed by atoms with E-state index >= 15 is 0 Å². The van der Waals surface area contributed by atoms with Gasteiger partial charge in [0.2, 0.25) is 0 Å². The van der Waals surface area contributed by atoms with E-state index in [0.717, 1.165) is 0 Å². The zero-order chi connectivity index (χ0) is 17.8. The molecule has 1 saturated carbocycles. The molecule has 5 radical (unpaired) electrons. The highest BCUT2D eigenvalue weighted by Crippen LogP contribution is 2.57. The molecule has 129 valence electrons. The summed E-state index contributed by atoms with van der Waals surface area (Å²) in [5.74, 6) is 0. The van der Waals surface area contributed by atoms with E-state index in [9.17, 15) is 0 Å². The van der Waals surface area contributed by atoms with Crippen LogP contribution in [0, 0.1) is 31.0 Å². The summed E-state index contributed by atoms with van der Waals surface area (Å²) in [6.45, 7) is 9.13. The number of hydrogen-bond acceptors (Lipinski definition) is 1. The van der Waals surface area contributed by atoms with Crippen LogP contribution in [0.5, 0.6) is 0 Å². The maximum atomic E-state index is 2.54. The van der Waals surface area contributed by atoms with Crippen molar-refractivity contribution in [3.63, 3.8) is 0 Å². The second-order valence-corrected chi connectivity index (χ2v) is 9.08. The fourth-order valence-corrected chi connectivity index (χ4v) is 5.99. The highest BCUT2D eigenvalue weighted by molar-refractivity contribution is 7.76. The lowest BCUT2D eigenvalue weighted by molar-refractivity contribution is 0.202. The van der Waals surface area contributed by atoms with Crippen molar-refractivity contribution in [1.82, 2.24) is 4.90 Å².